The van der Waals surface area contributed by atoms with Crippen LogP contribution in [0, 0.1) is 16.7 Å². The smallest absolute Gasteiger partial charge is 0.338 e. The average Bonchev–Trinajstić information content (AvgIpc) is 0.880. The third kappa shape index (κ3) is 13.2. The van der Waals surface area contributed by atoms with E-state index in [1.54, 1.807) is 0 Å². The fourth-order valence-corrected chi connectivity index (χ4v) is 11.7. The molecule has 46 heteroatoms. The maximum absolute atomic E-state index is 13.2. The lowest BCUT2D eigenvalue weighted by atomic mass is 10.0. The fraction of sp³-hybridized carbons (Fsp3) is 0. The Labute approximate surface area is 502 Å². The number of rotatable bonds is 20. The van der Waals surface area contributed by atoms with Gasteiger partial charge < -0.3 is 36.1 Å². The minimum atomic E-state index is -5.75. The molecule has 0 saturated heterocycles. The van der Waals surface area contributed by atoms with Crippen LogP contribution in [-0.2, 0) is 60.0 Å². The monoisotopic (exact) mass is 1360 g/mol. The molecule has 0 atom stereocenters. The Balaban J connectivity index is 1.24. The molecule has 8 rings (SSSR count). The molecule has 0 aliphatic rings. The Kier molecular flexibility index (Phi) is 17.6. The molecular weight excluding hydrogens is 1330 g/mol. The zero-order chi connectivity index (χ0) is 66.5. The van der Waals surface area contributed by atoms with Gasteiger partial charge in [0, 0.05) is 28.3 Å². The van der Waals surface area contributed by atoms with Crippen molar-refractivity contribution in [2.24, 2.45) is 40.9 Å². The van der Waals surface area contributed by atoms with Gasteiger partial charge in [-0.2, -0.15) is 57.4 Å². The first kappa shape index (κ1) is 65.5. The number of nitro benzene ring substituents is 1. The van der Waals surface area contributed by atoms with Crippen LogP contribution in [0.1, 0.15) is 20.7 Å². The second-order valence-electron chi connectivity index (χ2n) is 17.2. The number of nitrogen functional groups attached to an aromatic ring is 1. The molecule has 0 amide bonds. The zero-order valence-electron chi connectivity index (χ0n) is 42.9. The van der Waals surface area contributed by atoms with E-state index >= 15 is 0 Å². The minimum absolute atomic E-state index is 0.00739. The largest absolute Gasteiger partial charge is 0.505 e. The molecule has 0 aliphatic carbocycles. The summed E-state index contributed by atoms with van der Waals surface area (Å²) in [5.41, 5.74) is -4.52. The van der Waals surface area contributed by atoms with E-state index in [0.717, 1.165) is 30.3 Å². The molecule has 1 aromatic heterocycles. The van der Waals surface area contributed by atoms with Crippen molar-refractivity contribution in [3.8, 4) is 23.1 Å². The molecule has 40 nitrogen and oxygen atoms in total. The molecule has 0 radical (unpaired) electrons. The number of azo groups is 4. The molecule has 0 fully saturated rings. The number of hydrogen-bond acceptors (Lipinski definition) is 31. The van der Waals surface area contributed by atoms with Gasteiger partial charge in [0.2, 0.25) is 5.88 Å². The van der Waals surface area contributed by atoms with Gasteiger partial charge in [-0.25, -0.2) is 14.8 Å². The summed E-state index contributed by atoms with van der Waals surface area (Å²) in [6, 6.07) is 9.16. The van der Waals surface area contributed by atoms with Gasteiger partial charge in [0.05, 0.1) is 54.6 Å². The number of nitro groups is 1. The number of phenols is 2. The van der Waals surface area contributed by atoms with E-state index in [4.69, 9.17) is 17.6 Å². The fourth-order valence-electron chi connectivity index (χ4n) is 7.98. The molecule has 7 aromatic carbocycles. The summed E-state index contributed by atoms with van der Waals surface area (Å²) in [5, 5.41) is 107. The van der Waals surface area contributed by atoms with Crippen LogP contribution in [0.25, 0.3) is 32.1 Å². The molecule has 13 N–H and O–H groups in total. The number of non-ortho nitro benzene ring substituents is 1. The standard InChI is InChI=1S/C44H27N13O27S6/c1-46-41-37(42(60)56(55-41)28-12-18(86(68,69)70)4-5-20(28)43(61)62)54-50-26-10-16(2-9-30(26)87(71,72)73)47-53-36-32(89(77,78)79)14-21-19(38(36)58)6-8-25(40(21)90(80,81)82)49-51-27-15-31(88(74,75)76)23-13-29(85-84-83-67)35(39(59)33(23)34(27)45)52-48-24-7-3-17(57(65)66)11-22(24)44(63)64/h2-15,58-60,67H,45H2,(H,61,62)(H,63,64)(H,68,69,70)(H,71,72,73)(H,74,75,76)(H,77,78,79)(H,80,81,82)/b51-49?,52-48?,53-47?,54-50+. The van der Waals surface area contributed by atoms with E-state index in [0.29, 0.717) is 54.6 Å². The number of nitrogens with zero attached hydrogens (tertiary/aromatic N) is 12. The van der Waals surface area contributed by atoms with Crippen LogP contribution < -0.4 is 5.73 Å². The highest BCUT2D eigenvalue weighted by molar-refractivity contribution is 7.94. The minimum Gasteiger partial charge on any atom is -0.505 e. The normalized spacial score (nSPS) is 12.7. The first-order valence-electron chi connectivity index (χ1n) is 22.7. The van der Waals surface area contributed by atoms with E-state index in [9.17, 15) is 110 Å². The summed E-state index contributed by atoms with van der Waals surface area (Å²) in [6.07, 6.45) is 0. The number of carboxylic acids is 2. The average molecular weight is 1360 g/mol. The number of aromatic nitrogens is 2. The summed E-state index contributed by atoms with van der Waals surface area (Å²) in [4.78, 5) is 30.7. The van der Waals surface area contributed by atoms with Crippen molar-refractivity contribution in [1.82, 2.24) is 9.78 Å². The number of carbonyl (C=O) groups is 2. The predicted molar refractivity (Wildman–Crippen MR) is 297 cm³/mol. The van der Waals surface area contributed by atoms with Gasteiger partial charge in [-0.15, -0.1) is 34.6 Å². The number of aromatic hydroxyl groups is 3. The van der Waals surface area contributed by atoms with Crippen LogP contribution in [0.2, 0.25) is 0 Å². The number of aromatic carboxylic acids is 2. The second kappa shape index (κ2) is 24.2. The van der Waals surface area contributed by atoms with Gasteiger partial charge in [0.25, 0.3) is 56.3 Å². The van der Waals surface area contributed by atoms with Gasteiger partial charge in [-0.3, -0.25) is 32.9 Å². The third-order valence-corrected chi connectivity index (χ3v) is 16.9. The summed E-state index contributed by atoms with van der Waals surface area (Å²) >= 11 is -0.00739. The molecule has 0 spiro atoms. The highest BCUT2D eigenvalue weighted by Crippen LogP contribution is 2.51. The number of fused-ring (bicyclic) bond motifs is 2. The number of benzene rings is 7. The van der Waals surface area contributed by atoms with Gasteiger partial charge in [-0.05, 0) is 77.9 Å². The number of anilines is 1. The first-order valence-corrected chi connectivity index (χ1v) is 30.7. The van der Waals surface area contributed by atoms with Crippen molar-refractivity contribution >= 4 is 159 Å². The van der Waals surface area contributed by atoms with Crippen LogP contribution >= 0.6 is 12.0 Å². The van der Waals surface area contributed by atoms with Gasteiger partial charge in [-0.1, -0.05) is 11.6 Å². The van der Waals surface area contributed by atoms with Gasteiger partial charge in [0.15, 0.2) is 17.2 Å². The van der Waals surface area contributed by atoms with Crippen LogP contribution in [-0.4, -0.2) is 122 Å². The molecular formula is C44H27N13O27S6. The first-order chi connectivity index (χ1) is 41.9. The predicted octanol–water partition coefficient (Wildman–Crippen LogP) is 9.06. The van der Waals surface area contributed by atoms with Crippen molar-refractivity contribution in [2.75, 3.05) is 5.73 Å². The van der Waals surface area contributed by atoms with Crippen molar-refractivity contribution in [1.29, 1.82) is 0 Å². The lowest BCUT2D eigenvalue weighted by Gasteiger charge is -2.15. The SMILES string of the molecule is [C-]#[N+]c1nn(-c2cc(S(=O)(=O)O)ccc2C(=O)O)c(O)c1/N=N/c1cc(N=Nc2c(S(=O)(=O)O)cc3c(S(=O)(=O)O)c(N=Nc4cc(S(=O)(=O)O)c5cc(SOOO)c(N=Nc6ccc([N+](=O)[O-])cc6C(=O)O)c(O)c5c4N)ccc3c2O)ccc1S(=O)(=O)O. The maximum Gasteiger partial charge on any atom is 0.338 e. The highest BCUT2D eigenvalue weighted by Gasteiger charge is 2.32. The summed E-state index contributed by atoms with van der Waals surface area (Å²) < 4.78 is 182. The Hall–Kier alpha value is -10.5. The number of nitrogens with two attached hydrogens (primary N) is 1. The second-order valence-corrected chi connectivity index (χ2v) is 24.9. The maximum atomic E-state index is 13.2. The Morgan fingerprint density at radius 3 is 1.79 bits per heavy atom. The van der Waals surface area contributed by atoms with Crippen molar-refractivity contribution in [3.63, 3.8) is 0 Å². The van der Waals surface area contributed by atoms with Crippen molar-refractivity contribution in [3.05, 3.63) is 118 Å². The van der Waals surface area contributed by atoms with E-state index in [-0.39, 0.29) is 16.7 Å². The van der Waals surface area contributed by atoms with Crippen molar-refractivity contribution in [2.45, 2.75) is 29.4 Å². The molecule has 1 heterocycles. The zero-order valence-corrected chi connectivity index (χ0v) is 47.8. The van der Waals surface area contributed by atoms with Crippen molar-refractivity contribution < 1.29 is 120 Å². The van der Waals surface area contributed by atoms with E-state index in [1.807, 2.05) is 0 Å². The number of phenolic OH excluding ortho intramolecular Hbond substituents is 2. The topological polar surface area (TPSA) is 636 Å². The molecule has 0 saturated carbocycles. The number of carboxylic acid groups (broad SMARTS) is 2. The van der Waals surface area contributed by atoms with Gasteiger partial charge >= 0.3 is 17.8 Å². The Morgan fingerprint density at radius 1 is 0.600 bits per heavy atom. The lowest BCUT2D eigenvalue weighted by Crippen LogP contribution is -2.09. The lowest BCUT2D eigenvalue weighted by molar-refractivity contribution is -0.432. The van der Waals surface area contributed by atoms with E-state index in [2.05, 4.69) is 60.2 Å². The summed E-state index contributed by atoms with van der Waals surface area (Å²) in [7, 11) is -27.3. The number of hydrogen-bond donors (Lipinski definition) is 12. The quantitative estimate of drug-likeness (QED) is 0.00494. The van der Waals surface area contributed by atoms with Crippen LogP contribution in [0.3, 0.4) is 0 Å². The molecule has 90 heavy (non-hydrogen) atoms. The molecule has 0 bridgehead atoms. The molecule has 0 aliphatic heterocycles. The molecule has 0 unspecified atom stereocenters. The Morgan fingerprint density at radius 2 is 1.20 bits per heavy atom. The summed E-state index contributed by atoms with van der Waals surface area (Å²) in [5.74, 6) is -8.19. The van der Waals surface area contributed by atoms with E-state index < -0.39 is 215 Å². The highest BCUT2D eigenvalue weighted by atomic mass is 32.2. The van der Waals surface area contributed by atoms with E-state index in [1.165, 1.54) is 0 Å². The van der Waals surface area contributed by atoms with Crippen LogP contribution in [0.5, 0.6) is 17.4 Å². The molecule has 466 valence electrons. The van der Waals surface area contributed by atoms with Crippen LogP contribution in [0.15, 0.2) is 155 Å². The Bertz CT molecular complexity index is 5270. The summed E-state index contributed by atoms with van der Waals surface area (Å²) in [6.45, 7) is 7.52. The van der Waals surface area contributed by atoms with Crippen LogP contribution in [0.4, 0.5) is 62.7 Å². The third-order valence-electron chi connectivity index (χ3n) is 11.8. The van der Waals surface area contributed by atoms with Gasteiger partial charge in [0.1, 0.15) is 59.4 Å². The molecule has 8 aromatic rings.